The van der Waals surface area contributed by atoms with Gasteiger partial charge < -0.3 is 9.64 Å². The average molecular weight is 432 g/mol. The Hall–Kier alpha value is -1.72. The van der Waals surface area contributed by atoms with E-state index < -0.39 is 0 Å². The third-order valence-electron chi connectivity index (χ3n) is 6.93. The molecule has 1 saturated carbocycles. The van der Waals surface area contributed by atoms with Gasteiger partial charge in [-0.1, -0.05) is 39.3 Å². The van der Waals surface area contributed by atoms with Gasteiger partial charge in [0.1, 0.15) is 11.9 Å². The highest BCUT2D eigenvalue weighted by molar-refractivity contribution is 6.33. The minimum Gasteiger partial charge on any atom is -0.473 e. The third-order valence-corrected chi connectivity index (χ3v) is 7.26. The van der Waals surface area contributed by atoms with Gasteiger partial charge in [0.05, 0.1) is 10.7 Å². The molecule has 4 atom stereocenters. The van der Waals surface area contributed by atoms with Gasteiger partial charge in [0.15, 0.2) is 0 Å². The van der Waals surface area contributed by atoms with Crippen LogP contribution in [0, 0.1) is 29.0 Å². The van der Waals surface area contributed by atoms with Gasteiger partial charge in [-0.2, -0.15) is 0 Å². The standard InChI is InChI=1S/C24H31ClFN3O/c1-15(24(2,3)4)12-29-13-16-9-19(10-17(16)14-29)30-23-8-7-22(27-28-23)20-11-18(26)5-6-21(20)25/h5-8,11,15-17,19H,9-10,12-14H2,1-4H3/t15?,16-,17+,19+. The Morgan fingerprint density at radius 3 is 2.43 bits per heavy atom. The lowest BCUT2D eigenvalue weighted by Gasteiger charge is -2.31. The van der Waals surface area contributed by atoms with E-state index in [-0.39, 0.29) is 11.9 Å². The molecule has 1 aromatic heterocycles. The van der Waals surface area contributed by atoms with E-state index in [9.17, 15) is 4.39 Å². The van der Waals surface area contributed by atoms with Crippen LogP contribution < -0.4 is 4.74 Å². The Kier molecular flexibility index (Phi) is 6.04. The zero-order valence-corrected chi connectivity index (χ0v) is 19.0. The minimum absolute atomic E-state index is 0.195. The van der Waals surface area contributed by atoms with Crippen LogP contribution in [0.3, 0.4) is 0 Å². The maximum absolute atomic E-state index is 13.5. The lowest BCUT2D eigenvalue weighted by molar-refractivity contribution is 0.153. The van der Waals surface area contributed by atoms with Crippen molar-refractivity contribution in [2.75, 3.05) is 19.6 Å². The van der Waals surface area contributed by atoms with Crippen LogP contribution in [0.5, 0.6) is 5.88 Å². The third kappa shape index (κ3) is 4.78. The van der Waals surface area contributed by atoms with Crippen LogP contribution in [-0.4, -0.2) is 40.8 Å². The second-order valence-corrected chi connectivity index (χ2v) is 10.5. The molecule has 2 heterocycles. The summed E-state index contributed by atoms with van der Waals surface area (Å²) in [5, 5.41) is 8.85. The molecule has 1 aliphatic heterocycles. The fraction of sp³-hybridized carbons (Fsp3) is 0.583. The molecule has 2 fully saturated rings. The van der Waals surface area contributed by atoms with E-state index in [4.69, 9.17) is 16.3 Å². The van der Waals surface area contributed by atoms with Crippen molar-refractivity contribution in [2.24, 2.45) is 23.2 Å². The van der Waals surface area contributed by atoms with Crippen molar-refractivity contribution in [3.63, 3.8) is 0 Å². The summed E-state index contributed by atoms with van der Waals surface area (Å²) in [7, 11) is 0. The molecular weight excluding hydrogens is 401 g/mol. The number of halogens is 2. The van der Waals surface area contributed by atoms with Crippen molar-refractivity contribution in [1.29, 1.82) is 0 Å². The molecule has 0 amide bonds. The van der Waals surface area contributed by atoms with Gasteiger partial charge in [-0.25, -0.2) is 4.39 Å². The summed E-state index contributed by atoms with van der Waals surface area (Å²) in [5.74, 6) is 2.28. The zero-order chi connectivity index (χ0) is 21.5. The summed E-state index contributed by atoms with van der Waals surface area (Å²) in [6, 6.07) is 7.82. The normalized spacial score (nSPS) is 25.3. The first-order valence-electron chi connectivity index (χ1n) is 10.9. The van der Waals surface area contributed by atoms with Crippen LogP contribution in [-0.2, 0) is 0 Å². The topological polar surface area (TPSA) is 38.2 Å². The summed E-state index contributed by atoms with van der Waals surface area (Å²) in [6.45, 7) is 12.9. The van der Waals surface area contributed by atoms with Crippen molar-refractivity contribution < 1.29 is 9.13 Å². The second-order valence-electron chi connectivity index (χ2n) is 10.1. The van der Waals surface area contributed by atoms with E-state index in [1.165, 1.54) is 37.8 Å². The molecule has 4 rings (SSSR count). The Morgan fingerprint density at radius 1 is 1.13 bits per heavy atom. The number of ether oxygens (including phenoxy) is 1. The van der Waals surface area contributed by atoms with Gasteiger partial charge in [0.2, 0.25) is 5.88 Å². The van der Waals surface area contributed by atoms with E-state index in [1.807, 2.05) is 0 Å². The average Bonchev–Trinajstić information content (AvgIpc) is 3.21. The quantitative estimate of drug-likeness (QED) is 0.607. The molecule has 4 nitrogen and oxygen atoms in total. The summed E-state index contributed by atoms with van der Waals surface area (Å²) in [5.41, 5.74) is 1.43. The number of rotatable bonds is 5. The molecular formula is C24H31ClFN3O. The molecule has 1 unspecified atom stereocenters. The maximum atomic E-state index is 13.5. The van der Waals surface area contributed by atoms with Crippen molar-refractivity contribution in [1.82, 2.24) is 15.1 Å². The van der Waals surface area contributed by atoms with Gasteiger partial charge in [0.25, 0.3) is 0 Å². The number of hydrogen-bond donors (Lipinski definition) is 0. The van der Waals surface area contributed by atoms with Crippen LogP contribution >= 0.6 is 11.6 Å². The Balaban J connectivity index is 1.32. The summed E-state index contributed by atoms with van der Waals surface area (Å²) in [4.78, 5) is 2.64. The van der Waals surface area contributed by atoms with Crippen molar-refractivity contribution in [3.8, 4) is 17.1 Å². The first-order valence-corrected chi connectivity index (χ1v) is 11.2. The van der Waals surface area contributed by atoms with E-state index in [0.29, 0.717) is 45.3 Å². The highest BCUT2D eigenvalue weighted by Gasteiger charge is 2.42. The fourth-order valence-electron chi connectivity index (χ4n) is 4.64. The largest absolute Gasteiger partial charge is 0.473 e. The number of aromatic nitrogens is 2. The van der Waals surface area contributed by atoms with Crippen molar-refractivity contribution in [2.45, 2.75) is 46.6 Å². The van der Waals surface area contributed by atoms with Gasteiger partial charge >= 0.3 is 0 Å². The molecule has 1 aliphatic carbocycles. The van der Waals surface area contributed by atoms with Gasteiger partial charge in [-0.3, -0.25) is 0 Å². The fourth-order valence-corrected chi connectivity index (χ4v) is 4.85. The molecule has 2 aromatic rings. The predicted molar refractivity (Wildman–Crippen MR) is 118 cm³/mol. The lowest BCUT2D eigenvalue weighted by Crippen LogP contribution is -2.33. The zero-order valence-electron chi connectivity index (χ0n) is 18.2. The molecule has 0 spiro atoms. The monoisotopic (exact) mass is 431 g/mol. The molecule has 0 radical (unpaired) electrons. The number of benzene rings is 1. The molecule has 2 aliphatic rings. The van der Waals surface area contributed by atoms with E-state index >= 15 is 0 Å². The first-order chi connectivity index (χ1) is 14.2. The molecule has 162 valence electrons. The highest BCUT2D eigenvalue weighted by Crippen LogP contribution is 2.40. The lowest BCUT2D eigenvalue weighted by atomic mass is 9.82. The Labute approximate surface area is 183 Å². The van der Waals surface area contributed by atoms with Gasteiger partial charge in [-0.15, -0.1) is 10.2 Å². The highest BCUT2D eigenvalue weighted by atomic mass is 35.5. The van der Waals surface area contributed by atoms with E-state index in [0.717, 1.165) is 12.8 Å². The van der Waals surface area contributed by atoms with Crippen molar-refractivity contribution in [3.05, 3.63) is 41.2 Å². The van der Waals surface area contributed by atoms with E-state index in [1.54, 1.807) is 12.1 Å². The van der Waals surface area contributed by atoms with Crippen LogP contribution in [0.25, 0.3) is 11.3 Å². The Bertz CT molecular complexity index is 869. The summed E-state index contributed by atoms with van der Waals surface area (Å²) >= 11 is 6.16. The molecule has 30 heavy (non-hydrogen) atoms. The SMILES string of the molecule is CC(CN1C[C@H]2C[C@H](Oc3ccc(-c4cc(F)ccc4Cl)nn3)C[C@H]2C1)C(C)(C)C. The molecule has 1 saturated heterocycles. The molecule has 1 aromatic carbocycles. The smallest absolute Gasteiger partial charge is 0.233 e. The molecule has 6 heteroatoms. The second kappa shape index (κ2) is 8.43. The summed E-state index contributed by atoms with van der Waals surface area (Å²) < 4.78 is 19.6. The van der Waals surface area contributed by atoms with Gasteiger partial charge in [-0.05, 0) is 60.3 Å². The predicted octanol–water partition coefficient (Wildman–Crippen LogP) is 5.71. The molecule has 0 bridgehead atoms. The molecule has 0 N–H and O–H groups in total. The van der Waals surface area contributed by atoms with Crippen molar-refractivity contribution >= 4 is 11.6 Å². The van der Waals surface area contributed by atoms with Crippen LogP contribution in [0.2, 0.25) is 5.02 Å². The Morgan fingerprint density at radius 2 is 1.83 bits per heavy atom. The first kappa shape index (κ1) is 21.5. The van der Waals surface area contributed by atoms with Crippen LogP contribution in [0.4, 0.5) is 4.39 Å². The van der Waals surface area contributed by atoms with Crippen LogP contribution in [0.15, 0.2) is 30.3 Å². The number of hydrogen-bond acceptors (Lipinski definition) is 4. The number of nitrogens with zero attached hydrogens (tertiary/aromatic N) is 3. The van der Waals surface area contributed by atoms with Gasteiger partial charge in [0, 0.05) is 31.3 Å². The van der Waals surface area contributed by atoms with Crippen LogP contribution in [0.1, 0.15) is 40.5 Å². The number of likely N-dealkylation sites (tertiary alicyclic amines) is 1. The summed E-state index contributed by atoms with van der Waals surface area (Å²) in [6.07, 6.45) is 2.34. The van der Waals surface area contributed by atoms with E-state index in [2.05, 4.69) is 42.8 Å². The maximum Gasteiger partial charge on any atom is 0.233 e. The minimum atomic E-state index is -0.347. The number of fused-ring (bicyclic) bond motifs is 1.